The van der Waals surface area contributed by atoms with Crippen LogP contribution < -0.4 is 5.73 Å². The van der Waals surface area contributed by atoms with Crippen molar-refractivity contribution in [2.75, 3.05) is 31.9 Å². The predicted molar refractivity (Wildman–Crippen MR) is 84.0 cm³/mol. The van der Waals surface area contributed by atoms with Crippen LogP contribution in [0.5, 0.6) is 0 Å². The number of anilines is 1. The Labute approximate surface area is 133 Å². The Hall–Kier alpha value is -0.700. The van der Waals surface area contributed by atoms with Gasteiger partial charge in [-0.25, -0.2) is 12.8 Å². The van der Waals surface area contributed by atoms with Crippen molar-refractivity contribution in [1.82, 2.24) is 9.21 Å². The van der Waals surface area contributed by atoms with Gasteiger partial charge in [-0.2, -0.15) is 4.31 Å². The number of nitrogen functional groups attached to an aromatic ring is 1. The molecule has 1 fully saturated rings. The molecule has 0 aliphatic carbocycles. The zero-order valence-corrected chi connectivity index (χ0v) is 14.4. The second-order valence-electron chi connectivity index (χ2n) is 5.34. The second-order valence-corrected chi connectivity index (χ2v) is 8.10. The molecule has 0 atom stereocenters. The quantitative estimate of drug-likeness (QED) is 0.814. The Balaban J connectivity index is 2.26. The van der Waals surface area contributed by atoms with Gasteiger partial charge in [-0.05, 0) is 41.9 Å². The molecular formula is C13H19BrFN3O2S. The van der Waals surface area contributed by atoms with E-state index in [9.17, 15) is 12.8 Å². The lowest BCUT2D eigenvalue weighted by molar-refractivity contribution is 0.154. The topological polar surface area (TPSA) is 66.6 Å². The Bertz CT molecular complexity index is 629. The van der Waals surface area contributed by atoms with E-state index in [0.717, 1.165) is 6.07 Å². The monoisotopic (exact) mass is 379 g/mol. The van der Waals surface area contributed by atoms with Crippen LogP contribution in [0.4, 0.5) is 10.1 Å². The lowest BCUT2D eigenvalue weighted by Gasteiger charge is -2.36. The van der Waals surface area contributed by atoms with Gasteiger partial charge in [0.2, 0.25) is 10.0 Å². The number of hydrogen-bond acceptors (Lipinski definition) is 4. The molecule has 2 N–H and O–H groups in total. The first-order valence-corrected chi connectivity index (χ1v) is 8.95. The Kier molecular flexibility index (Phi) is 4.92. The largest absolute Gasteiger partial charge is 0.396 e. The summed E-state index contributed by atoms with van der Waals surface area (Å²) < 4.78 is 40.3. The number of nitrogens with two attached hydrogens (primary N) is 1. The van der Waals surface area contributed by atoms with Crippen molar-refractivity contribution in [2.45, 2.75) is 24.8 Å². The van der Waals surface area contributed by atoms with Gasteiger partial charge >= 0.3 is 0 Å². The zero-order chi connectivity index (χ0) is 15.8. The highest BCUT2D eigenvalue weighted by Gasteiger charge is 2.31. The molecule has 0 spiro atoms. The maximum absolute atomic E-state index is 13.4. The molecule has 0 saturated carbocycles. The van der Waals surface area contributed by atoms with Crippen molar-refractivity contribution in [2.24, 2.45) is 0 Å². The summed E-state index contributed by atoms with van der Waals surface area (Å²) >= 11 is 3.11. The fraction of sp³-hybridized carbons (Fsp3) is 0.538. The molecule has 1 aromatic rings. The SMILES string of the molecule is CC(C)N1CCN(S(=O)(=O)c2cc(N)c(F)cc2Br)CC1. The minimum Gasteiger partial charge on any atom is -0.396 e. The highest BCUT2D eigenvalue weighted by atomic mass is 79.9. The fourth-order valence-corrected chi connectivity index (χ4v) is 4.77. The van der Waals surface area contributed by atoms with Gasteiger partial charge in [0.15, 0.2) is 0 Å². The van der Waals surface area contributed by atoms with E-state index in [2.05, 4.69) is 34.7 Å². The van der Waals surface area contributed by atoms with Crippen molar-refractivity contribution < 1.29 is 12.8 Å². The first kappa shape index (κ1) is 16.7. The van der Waals surface area contributed by atoms with Gasteiger partial charge in [0.1, 0.15) is 5.82 Å². The Morgan fingerprint density at radius 1 is 1.24 bits per heavy atom. The van der Waals surface area contributed by atoms with Gasteiger partial charge in [0.05, 0.1) is 10.6 Å². The summed E-state index contributed by atoms with van der Waals surface area (Å²) in [6.07, 6.45) is 0. The smallest absolute Gasteiger partial charge is 0.244 e. The molecule has 0 bridgehead atoms. The third-order valence-corrected chi connectivity index (χ3v) is 6.53. The Morgan fingerprint density at radius 2 is 1.81 bits per heavy atom. The molecule has 0 amide bonds. The van der Waals surface area contributed by atoms with Gasteiger partial charge in [-0.15, -0.1) is 0 Å². The number of benzene rings is 1. The van der Waals surface area contributed by atoms with E-state index >= 15 is 0 Å². The average molecular weight is 380 g/mol. The number of rotatable bonds is 3. The van der Waals surface area contributed by atoms with E-state index in [-0.39, 0.29) is 15.1 Å². The summed E-state index contributed by atoms with van der Waals surface area (Å²) in [6, 6.07) is 2.65. The lowest BCUT2D eigenvalue weighted by atomic mass is 10.3. The van der Waals surface area contributed by atoms with Crippen LogP contribution in [-0.2, 0) is 10.0 Å². The predicted octanol–water partition coefficient (Wildman–Crippen LogP) is 1.89. The van der Waals surface area contributed by atoms with Crippen molar-refractivity contribution in [3.8, 4) is 0 Å². The lowest BCUT2D eigenvalue weighted by Crippen LogP contribution is -2.50. The van der Waals surface area contributed by atoms with Crippen LogP contribution in [0.15, 0.2) is 21.5 Å². The summed E-state index contributed by atoms with van der Waals surface area (Å²) in [4.78, 5) is 2.24. The minimum atomic E-state index is -3.67. The molecule has 8 heteroatoms. The number of hydrogen-bond donors (Lipinski definition) is 1. The molecular weight excluding hydrogens is 361 g/mol. The number of nitrogens with zero attached hydrogens (tertiary/aromatic N) is 2. The molecule has 1 heterocycles. The summed E-state index contributed by atoms with van der Waals surface area (Å²) in [7, 11) is -3.67. The third kappa shape index (κ3) is 3.39. The van der Waals surface area contributed by atoms with E-state index in [1.165, 1.54) is 10.4 Å². The zero-order valence-electron chi connectivity index (χ0n) is 12.0. The minimum absolute atomic E-state index is 0.0133. The molecule has 0 unspecified atom stereocenters. The average Bonchev–Trinajstić information content (AvgIpc) is 2.42. The molecule has 118 valence electrons. The van der Waals surface area contributed by atoms with Crippen molar-refractivity contribution in [3.63, 3.8) is 0 Å². The summed E-state index contributed by atoms with van der Waals surface area (Å²) in [5.74, 6) is -0.634. The van der Waals surface area contributed by atoms with Crippen molar-refractivity contribution in [3.05, 3.63) is 22.4 Å². The molecule has 0 radical (unpaired) electrons. The van der Waals surface area contributed by atoms with Crippen LogP contribution in [0.2, 0.25) is 0 Å². The first-order chi connectivity index (χ1) is 9.73. The van der Waals surface area contributed by atoms with Crippen LogP contribution in [0.1, 0.15) is 13.8 Å². The normalized spacial score (nSPS) is 18.3. The van der Waals surface area contributed by atoms with Crippen LogP contribution in [0.25, 0.3) is 0 Å². The van der Waals surface area contributed by atoms with Gasteiger partial charge in [0, 0.05) is 36.7 Å². The molecule has 2 rings (SSSR count). The molecule has 21 heavy (non-hydrogen) atoms. The number of sulfonamides is 1. The highest BCUT2D eigenvalue weighted by Crippen LogP contribution is 2.29. The summed E-state index contributed by atoms with van der Waals surface area (Å²) in [5.41, 5.74) is 5.32. The molecule has 5 nitrogen and oxygen atoms in total. The van der Waals surface area contributed by atoms with E-state index in [1.54, 1.807) is 0 Å². The second kappa shape index (κ2) is 6.20. The van der Waals surface area contributed by atoms with Crippen LogP contribution >= 0.6 is 15.9 Å². The number of piperazine rings is 1. The summed E-state index contributed by atoms with van der Waals surface area (Å²) in [5, 5.41) is 0. The van der Waals surface area contributed by atoms with Crippen LogP contribution in [0, 0.1) is 5.82 Å². The third-order valence-electron chi connectivity index (χ3n) is 3.67. The van der Waals surface area contributed by atoms with E-state index < -0.39 is 15.8 Å². The van der Waals surface area contributed by atoms with E-state index in [1.807, 2.05) is 0 Å². The van der Waals surface area contributed by atoms with Crippen LogP contribution in [-0.4, -0.2) is 49.8 Å². The summed E-state index contributed by atoms with van der Waals surface area (Å²) in [6.45, 7) is 6.38. The Morgan fingerprint density at radius 3 is 2.33 bits per heavy atom. The van der Waals surface area contributed by atoms with E-state index in [4.69, 9.17) is 5.73 Å². The maximum atomic E-state index is 13.4. The first-order valence-electron chi connectivity index (χ1n) is 6.72. The van der Waals surface area contributed by atoms with E-state index in [0.29, 0.717) is 32.2 Å². The van der Waals surface area contributed by atoms with Gasteiger partial charge in [-0.1, -0.05) is 0 Å². The fourth-order valence-electron chi connectivity index (χ4n) is 2.34. The number of halogens is 2. The molecule has 1 aliphatic rings. The van der Waals surface area contributed by atoms with Gasteiger partial charge < -0.3 is 5.73 Å². The van der Waals surface area contributed by atoms with Crippen molar-refractivity contribution in [1.29, 1.82) is 0 Å². The standard InChI is InChI=1S/C13H19BrFN3O2S/c1-9(2)17-3-5-18(6-4-17)21(19,20)13-8-12(16)11(15)7-10(13)14/h7-9H,3-6,16H2,1-2H3. The molecule has 1 saturated heterocycles. The molecule has 1 aromatic carbocycles. The van der Waals surface area contributed by atoms with Crippen molar-refractivity contribution >= 4 is 31.6 Å². The van der Waals surface area contributed by atoms with Gasteiger partial charge in [0.25, 0.3) is 0 Å². The van der Waals surface area contributed by atoms with Gasteiger partial charge in [-0.3, -0.25) is 4.90 Å². The van der Waals surface area contributed by atoms with Crippen LogP contribution in [0.3, 0.4) is 0 Å². The molecule has 1 aliphatic heterocycles. The maximum Gasteiger partial charge on any atom is 0.244 e. The highest BCUT2D eigenvalue weighted by molar-refractivity contribution is 9.10. The molecule has 0 aromatic heterocycles.